The number of hydrogen-bond donors (Lipinski definition) is 2. The predicted octanol–water partition coefficient (Wildman–Crippen LogP) is 1.49. The summed E-state index contributed by atoms with van der Waals surface area (Å²) in [6.45, 7) is 0.619. The molecule has 1 radical (unpaired) electrons. The van der Waals surface area contributed by atoms with Crippen LogP contribution in [0.25, 0.3) is 10.9 Å². The van der Waals surface area contributed by atoms with Gasteiger partial charge in [-0.3, -0.25) is 5.10 Å². The highest BCUT2D eigenvalue weighted by molar-refractivity contribution is 7.78. The van der Waals surface area contributed by atoms with Crippen LogP contribution >= 0.6 is 12.2 Å². The number of nitrogens with one attached hydrogen (secondary N) is 2. The number of hydrogen-bond acceptors (Lipinski definition) is 2. The summed E-state index contributed by atoms with van der Waals surface area (Å²) in [5.41, 5.74) is 4.46. The molecule has 1 heterocycles. The highest BCUT2D eigenvalue weighted by Crippen LogP contribution is 2.14. The largest absolute Gasteiger partial charge is 0.368 e. The third kappa shape index (κ3) is 1.53. The van der Waals surface area contributed by atoms with Crippen LogP contribution in [0.5, 0.6) is 0 Å². The second kappa shape index (κ2) is 3.53. The van der Waals surface area contributed by atoms with Crippen molar-refractivity contribution >= 4 is 28.6 Å². The number of aromatic amines is 1. The molecule has 1 aromatic heterocycles. The van der Waals surface area contributed by atoms with Gasteiger partial charge in [-0.25, -0.2) is 0 Å². The number of aromatic nitrogens is 2. The molecular formula is C9H8N3S. The lowest BCUT2D eigenvalue weighted by atomic mass is 10.2. The zero-order valence-electron chi connectivity index (χ0n) is 6.87. The van der Waals surface area contributed by atoms with Crippen molar-refractivity contribution in [2.24, 2.45) is 0 Å². The zero-order chi connectivity index (χ0) is 9.10. The fraction of sp³-hybridized carbons (Fsp3) is 0.111. The molecule has 4 heteroatoms. The third-order valence-electron chi connectivity index (χ3n) is 1.88. The van der Waals surface area contributed by atoms with E-state index >= 15 is 0 Å². The molecule has 0 atom stereocenters. The number of para-hydroxylation sites is 1. The smallest absolute Gasteiger partial charge is 0.134 e. The molecule has 0 aliphatic carbocycles. The van der Waals surface area contributed by atoms with Crippen molar-refractivity contribution in [3.05, 3.63) is 30.0 Å². The summed E-state index contributed by atoms with van der Waals surface area (Å²) in [6, 6.07) is 7.98. The van der Waals surface area contributed by atoms with E-state index in [0.29, 0.717) is 6.54 Å². The van der Waals surface area contributed by atoms with Gasteiger partial charge in [-0.2, -0.15) is 5.10 Å². The first kappa shape index (κ1) is 8.19. The summed E-state index contributed by atoms with van der Waals surface area (Å²) >= 11 is 4.55. The molecule has 65 valence electrons. The molecule has 0 amide bonds. The van der Waals surface area contributed by atoms with Crippen LogP contribution < -0.4 is 5.32 Å². The second-order valence-electron chi connectivity index (χ2n) is 2.67. The first-order valence-electron chi connectivity index (χ1n) is 3.94. The Hall–Kier alpha value is -1.42. The maximum Gasteiger partial charge on any atom is 0.134 e. The van der Waals surface area contributed by atoms with Crippen molar-refractivity contribution in [3.63, 3.8) is 0 Å². The number of nitrogens with zero attached hydrogens (tertiary/aromatic N) is 1. The van der Waals surface area contributed by atoms with E-state index in [1.54, 1.807) is 0 Å². The maximum absolute atomic E-state index is 4.55. The minimum absolute atomic E-state index is 0.619. The monoisotopic (exact) mass is 190 g/mol. The van der Waals surface area contributed by atoms with Crippen LogP contribution in [0, 0.1) is 0 Å². The van der Waals surface area contributed by atoms with Crippen molar-refractivity contribution in [1.29, 1.82) is 0 Å². The Labute approximate surface area is 81.1 Å². The standard InChI is InChI=1S/C9H8N3S/c13-6-10-5-9-7-3-1-2-4-8(7)11-12-9/h1-4H,5H2,(H,10,13)(H,11,12). The van der Waals surface area contributed by atoms with Crippen LogP contribution in [0.4, 0.5) is 0 Å². The number of fused-ring (bicyclic) bond motifs is 1. The molecule has 2 N–H and O–H groups in total. The van der Waals surface area contributed by atoms with Crippen LogP contribution in [0.1, 0.15) is 5.69 Å². The first-order chi connectivity index (χ1) is 6.42. The molecule has 0 spiro atoms. The van der Waals surface area contributed by atoms with Gasteiger partial charge in [0.1, 0.15) is 5.49 Å². The summed E-state index contributed by atoms with van der Waals surface area (Å²) in [5.74, 6) is 0. The summed E-state index contributed by atoms with van der Waals surface area (Å²) in [5, 5.41) is 11.1. The number of benzene rings is 1. The Morgan fingerprint density at radius 3 is 3.15 bits per heavy atom. The lowest BCUT2D eigenvalue weighted by Gasteiger charge is -1.94. The van der Waals surface area contributed by atoms with Gasteiger partial charge in [0.15, 0.2) is 0 Å². The van der Waals surface area contributed by atoms with E-state index in [1.165, 1.54) is 0 Å². The molecule has 2 aromatic rings. The molecule has 0 saturated heterocycles. The highest BCUT2D eigenvalue weighted by atomic mass is 32.1. The van der Waals surface area contributed by atoms with Gasteiger partial charge in [0.2, 0.25) is 0 Å². The number of rotatable bonds is 3. The zero-order valence-corrected chi connectivity index (χ0v) is 7.69. The van der Waals surface area contributed by atoms with Gasteiger partial charge >= 0.3 is 0 Å². The minimum atomic E-state index is 0.619. The maximum atomic E-state index is 4.55. The van der Waals surface area contributed by atoms with Crippen molar-refractivity contribution in [2.45, 2.75) is 6.54 Å². The molecule has 0 saturated carbocycles. The van der Waals surface area contributed by atoms with E-state index in [4.69, 9.17) is 0 Å². The summed E-state index contributed by atoms with van der Waals surface area (Å²) in [6.07, 6.45) is 0. The lowest BCUT2D eigenvalue weighted by Crippen LogP contribution is -2.08. The van der Waals surface area contributed by atoms with Gasteiger partial charge in [0.25, 0.3) is 0 Å². The molecule has 0 bridgehead atoms. The third-order valence-corrected chi connectivity index (χ3v) is 2.02. The van der Waals surface area contributed by atoms with E-state index in [1.807, 2.05) is 24.3 Å². The number of H-pyrrole nitrogens is 1. The molecular weight excluding hydrogens is 182 g/mol. The molecule has 0 aliphatic heterocycles. The summed E-state index contributed by atoms with van der Waals surface area (Å²) < 4.78 is 0. The lowest BCUT2D eigenvalue weighted by molar-refractivity contribution is 0.885. The van der Waals surface area contributed by atoms with Crippen molar-refractivity contribution in [2.75, 3.05) is 0 Å². The van der Waals surface area contributed by atoms with Crippen LogP contribution in [0.3, 0.4) is 0 Å². The van der Waals surface area contributed by atoms with Gasteiger partial charge in [0.05, 0.1) is 17.8 Å². The second-order valence-corrected chi connectivity index (χ2v) is 2.88. The van der Waals surface area contributed by atoms with E-state index in [2.05, 4.69) is 33.2 Å². The van der Waals surface area contributed by atoms with Crippen molar-refractivity contribution < 1.29 is 0 Å². The first-order valence-corrected chi connectivity index (χ1v) is 4.34. The van der Waals surface area contributed by atoms with Crippen LogP contribution in [0.2, 0.25) is 0 Å². The Bertz CT molecular complexity index is 421. The fourth-order valence-corrected chi connectivity index (χ4v) is 1.35. The van der Waals surface area contributed by atoms with E-state index < -0.39 is 0 Å². The van der Waals surface area contributed by atoms with Gasteiger partial charge < -0.3 is 5.32 Å². The quantitative estimate of drug-likeness (QED) is 0.569. The average molecular weight is 190 g/mol. The normalized spacial score (nSPS) is 10.2. The van der Waals surface area contributed by atoms with Gasteiger partial charge in [-0.15, -0.1) is 0 Å². The van der Waals surface area contributed by atoms with Crippen molar-refractivity contribution in [3.8, 4) is 0 Å². The highest BCUT2D eigenvalue weighted by Gasteiger charge is 2.02. The Morgan fingerprint density at radius 2 is 2.31 bits per heavy atom. The molecule has 0 aliphatic rings. The van der Waals surface area contributed by atoms with Crippen LogP contribution in [-0.2, 0) is 6.54 Å². The molecule has 13 heavy (non-hydrogen) atoms. The molecule has 1 aromatic carbocycles. The van der Waals surface area contributed by atoms with Gasteiger partial charge in [0, 0.05) is 5.39 Å². The topological polar surface area (TPSA) is 40.7 Å². The van der Waals surface area contributed by atoms with Crippen LogP contribution in [-0.4, -0.2) is 15.7 Å². The SMILES string of the molecule is S=[C]NCc1n[nH]c2ccccc12. The van der Waals surface area contributed by atoms with Gasteiger partial charge in [-0.1, -0.05) is 30.4 Å². The average Bonchev–Trinajstić information content (AvgIpc) is 2.58. The number of thiocarbonyl (C=S) groups is 1. The Balaban J connectivity index is 2.40. The summed E-state index contributed by atoms with van der Waals surface area (Å²) in [4.78, 5) is 0. The van der Waals surface area contributed by atoms with Crippen LogP contribution in [0.15, 0.2) is 24.3 Å². The molecule has 3 nitrogen and oxygen atoms in total. The predicted molar refractivity (Wildman–Crippen MR) is 55.5 cm³/mol. The Kier molecular flexibility index (Phi) is 2.23. The van der Waals surface area contributed by atoms with E-state index in [9.17, 15) is 0 Å². The van der Waals surface area contributed by atoms with Crippen molar-refractivity contribution in [1.82, 2.24) is 15.5 Å². The molecule has 0 unspecified atom stereocenters. The summed E-state index contributed by atoms with van der Waals surface area (Å²) in [7, 11) is 0. The van der Waals surface area contributed by atoms with Gasteiger partial charge in [-0.05, 0) is 6.07 Å². The molecule has 2 rings (SSSR count). The van der Waals surface area contributed by atoms with E-state index in [-0.39, 0.29) is 0 Å². The Morgan fingerprint density at radius 1 is 1.46 bits per heavy atom. The van der Waals surface area contributed by atoms with E-state index in [0.717, 1.165) is 16.6 Å². The minimum Gasteiger partial charge on any atom is -0.368 e. The fourth-order valence-electron chi connectivity index (χ4n) is 1.27. The molecule has 0 fully saturated rings.